The molecule has 2 N–H and O–H groups in total. The SMILES string of the molecule is Cc1c(C(=O)NC[C@@H](C)O)sc2nc3n(c(=O)c12)CCN(Cc1ccccc1)CC3. The number of thiophene rings is 1. The van der Waals surface area contributed by atoms with Gasteiger partial charge in [0.1, 0.15) is 10.7 Å². The molecule has 7 nitrogen and oxygen atoms in total. The van der Waals surface area contributed by atoms with E-state index >= 15 is 0 Å². The van der Waals surface area contributed by atoms with E-state index in [1.165, 1.54) is 16.9 Å². The molecule has 0 bridgehead atoms. The summed E-state index contributed by atoms with van der Waals surface area (Å²) < 4.78 is 1.77. The van der Waals surface area contributed by atoms with Gasteiger partial charge in [-0.05, 0) is 25.0 Å². The van der Waals surface area contributed by atoms with E-state index in [1.54, 1.807) is 18.4 Å². The summed E-state index contributed by atoms with van der Waals surface area (Å²) in [6.45, 7) is 6.63. The molecule has 0 unspecified atom stereocenters. The lowest BCUT2D eigenvalue weighted by molar-refractivity contribution is 0.0927. The first-order valence-electron chi connectivity index (χ1n) is 10.2. The third-order valence-corrected chi connectivity index (χ3v) is 6.62. The highest BCUT2D eigenvalue weighted by atomic mass is 32.1. The molecule has 2 aromatic heterocycles. The minimum atomic E-state index is -0.623. The second kappa shape index (κ2) is 8.67. The van der Waals surface area contributed by atoms with Crippen LogP contribution >= 0.6 is 11.3 Å². The minimum absolute atomic E-state index is 0.0695. The van der Waals surface area contributed by atoms with Crippen LogP contribution < -0.4 is 10.9 Å². The normalized spacial score (nSPS) is 15.6. The number of nitrogens with one attached hydrogen (secondary N) is 1. The fourth-order valence-corrected chi connectivity index (χ4v) is 4.94. The molecule has 0 saturated carbocycles. The van der Waals surface area contributed by atoms with Crippen LogP contribution in [0.1, 0.15) is 33.5 Å². The standard InChI is InChI=1S/C22H26N4O3S/c1-14(27)12-23-20(28)19-15(2)18-21(30-19)24-17-8-9-25(10-11-26(17)22(18)29)13-16-6-4-3-5-7-16/h3-7,14,27H,8-13H2,1-2H3,(H,23,28)/t14-/m1/s1. The molecule has 4 rings (SSSR count). The molecule has 1 aliphatic rings. The minimum Gasteiger partial charge on any atom is -0.392 e. The highest BCUT2D eigenvalue weighted by Crippen LogP contribution is 2.28. The molecule has 3 aromatic rings. The van der Waals surface area contributed by atoms with Crippen LogP contribution in [0.3, 0.4) is 0 Å². The molecule has 1 amide bonds. The fourth-order valence-electron chi connectivity index (χ4n) is 3.83. The summed E-state index contributed by atoms with van der Waals surface area (Å²) in [5.41, 5.74) is 1.85. The molecule has 8 heteroatoms. The zero-order chi connectivity index (χ0) is 21.3. The summed E-state index contributed by atoms with van der Waals surface area (Å²) in [6.07, 6.45) is 0.0701. The van der Waals surface area contributed by atoms with E-state index < -0.39 is 6.10 Å². The van der Waals surface area contributed by atoms with Crippen molar-refractivity contribution in [3.05, 3.63) is 62.5 Å². The summed E-state index contributed by atoms with van der Waals surface area (Å²) >= 11 is 1.25. The largest absolute Gasteiger partial charge is 0.392 e. The van der Waals surface area contributed by atoms with E-state index in [4.69, 9.17) is 4.98 Å². The van der Waals surface area contributed by atoms with Gasteiger partial charge in [-0.2, -0.15) is 0 Å². The molecule has 0 fully saturated rings. The smallest absolute Gasteiger partial charge is 0.262 e. The molecule has 0 aliphatic carbocycles. The van der Waals surface area contributed by atoms with Gasteiger partial charge in [-0.3, -0.25) is 19.1 Å². The number of rotatable bonds is 5. The molecule has 0 saturated heterocycles. The predicted octanol–water partition coefficient (Wildman–Crippen LogP) is 1.94. The number of aliphatic hydroxyl groups is 1. The lowest BCUT2D eigenvalue weighted by Crippen LogP contribution is -2.30. The molecule has 3 heterocycles. The summed E-state index contributed by atoms with van der Waals surface area (Å²) in [5, 5.41) is 12.6. The topological polar surface area (TPSA) is 87.5 Å². The van der Waals surface area contributed by atoms with Crippen LogP contribution in [0.2, 0.25) is 0 Å². The number of carbonyl (C=O) groups excluding carboxylic acids is 1. The number of carbonyl (C=O) groups is 1. The number of hydrogen-bond acceptors (Lipinski definition) is 6. The molecule has 158 valence electrons. The van der Waals surface area contributed by atoms with Crippen LogP contribution in [-0.4, -0.2) is 51.2 Å². The quantitative estimate of drug-likeness (QED) is 0.651. The Bertz CT molecular complexity index is 1120. The summed E-state index contributed by atoms with van der Waals surface area (Å²) in [7, 11) is 0. The second-order valence-electron chi connectivity index (χ2n) is 7.79. The summed E-state index contributed by atoms with van der Waals surface area (Å²) in [4.78, 5) is 34.0. The lowest BCUT2D eigenvalue weighted by Gasteiger charge is -2.19. The maximum Gasteiger partial charge on any atom is 0.262 e. The number of hydrogen-bond donors (Lipinski definition) is 2. The van der Waals surface area contributed by atoms with E-state index in [0.29, 0.717) is 33.6 Å². The van der Waals surface area contributed by atoms with Crippen LogP contribution in [-0.2, 0) is 19.5 Å². The lowest BCUT2D eigenvalue weighted by atomic mass is 10.2. The van der Waals surface area contributed by atoms with Gasteiger partial charge in [0.05, 0.1) is 16.4 Å². The number of aryl methyl sites for hydroxylation is 1. The highest BCUT2D eigenvalue weighted by molar-refractivity contribution is 7.20. The van der Waals surface area contributed by atoms with Crippen molar-refractivity contribution >= 4 is 27.5 Å². The van der Waals surface area contributed by atoms with Gasteiger partial charge in [-0.1, -0.05) is 30.3 Å². The Morgan fingerprint density at radius 1 is 1.27 bits per heavy atom. The number of fused-ring (bicyclic) bond motifs is 2. The van der Waals surface area contributed by atoms with Crippen molar-refractivity contribution in [3.8, 4) is 0 Å². The average molecular weight is 427 g/mol. The Kier molecular flexibility index (Phi) is 5.99. The number of amides is 1. The number of benzene rings is 1. The Hall–Kier alpha value is -2.55. The molecule has 30 heavy (non-hydrogen) atoms. The van der Waals surface area contributed by atoms with Gasteiger partial charge in [-0.15, -0.1) is 11.3 Å². The van der Waals surface area contributed by atoms with E-state index in [-0.39, 0.29) is 18.0 Å². The fraction of sp³-hybridized carbons (Fsp3) is 0.409. The van der Waals surface area contributed by atoms with Gasteiger partial charge >= 0.3 is 0 Å². The molecule has 0 spiro atoms. The summed E-state index contributed by atoms with van der Waals surface area (Å²) in [5.74, 6) is 0.505. The van der Waals surface area contributed by atoms with Gasteiger partial charge in [0.25, 0.3) is 11.5 Å². The first kappa shape index (κ1) is 20.7. The molecule has 1 aliphatic heterocycles. The molecule has 0 radical (unpaired) electrons. The maximum atomic E-state index is 13.3. The van der Waals surface area contributed by atoms with Crippen LogP contribution in [0, 0.1) is 6.92 Å². The van der Waals surface area contributed by atoms with Crippen LogP contribution in [0.25, 0.3) is 10.2 Å². The Morgan fingerprint density at radius 2 is 2.03 bits per heavy atom. The van der Waals surface area contributed by atoms with Gasteiger partial charge in [0, 0.05) is 39.1 Å². The predicted molar refractivity (Wildman–Crippen MR) is 118 cm³/mol. The molecule has 1 atom stereocenters. The zero-order valence-corrected chi connectivity index (χ0v) is 18.0. The number of nitrogens with zero attached hydrogens (tertiary/aromatic N) is 3. The molecular formula is C22H26N4O3S. The van der Waals surface area contributed by atoms with Crippen LogP contribution in [0.5, 0.6) is 0 Å². The Labute approximate surface area is 179 Å². The highest BCUT2D eigenvalue weighted by Gasteiger charge is 2.23. The van der Waals surface area contributed by atoms with Crippen molar-refractivity contribution in [1.29, 1.82) is 0 Å². The monoisotopic (exact) mass is 426 g/mol. The second-order valence-corrected chi connectivity index (χ2v) is 8.79. The van der Waals surface area contributed by atoms with Crippen LogP contribution in [0.15, 0.2) is 35.1 Å². The molecule has 1 aromatic carbocycles. The van der Waals surface area contributed by atoms with Crippen molar-refractivity contribution in [2.24, 2.45) is 0 Å². The third-order valence-electron chi connectivity index (χ3n) is 5.43. The zero-order valence-electron chi connectivity index (χ0n) is 17.2. The van der Waals surface area contributed by atoms with Crippen molar-refractivity contribution in [3.63, 3.8) is 0 Å². The van der Waals surface area contributed by atoms with Gasteiger partial charge in [0.15, 0.2) is 0 Å². The van der Waals surface area contributed by atoms with Crippen LogP contribution in [0.4, 0.5) is 0 Å². The number of aliphatic hydroxyl groups excluding tert-OH is 1. The van der Waals surface area contributed by atoms with E-state index in [0.717, 1.165) is 25.5 Å². The van der Waals surface area contributed by atoms with Gasteiger partial charge in [0.2, 0.25) is 0 Å². The first-order valence-corrected chi connectivity index (χ1v) is 11.0. The van der Waals surface area contributed by atoms with E-state index in [2.05, 4.69) is 22.3 Å². The van der Waals surface area contributed by atoms with Crippen molar-refractivity contribution in [1.82, 2.24) is 19.8 Å². The van der Waals surface area contributed by atoms with Gasteiger partial charge in [-0.25, -0.2) is 4.98 Å². The Balaban J connectivity index is 1.60. The number of aromatic nitrogens is 2. The van der Waals surface area contributed by atoms with E-state index in [9.17, 15) is 14.7 Å². The third kappa shape index (κ3) is 4.16. The summed E-state index contributed by atoms with van der Waals surface area (Å²) in [6, 6.07) is 10.3. The first-order chi connectivity index (χ1) is 14.4. The van der Waals surface area contributed by atoms with Gasteiger partial charge < -0.3 is 10.4 Å². The Morgan fingerprint density at radius 3 is 2.77 bits per heavy atom. The maximum absolute atomic E-state index is 13.3. The van der Waals surface area contributed by atoms with Crippen molar-refractivity contribution < 1.29 is 9.90 Å². The van der Waals surface area contributed by atoms with Crippen molar-refractivity contribution in [2.45, 2.75) is 39.5 Å². The average Bonchev–Trinajstić information content (AvgIpc) is 2.92. The van der Waals surface area contributed by atoms with Crippen molar-refractivity contribution in [2.75, 3.05) is 19.6 Å². The molecular weight excluding hydrogens is 400 g/mol. The van der Waals surface area contributed by atoms with E-state index in [1.807, 2.05) is 18.2 Å².